The van der Waals surface area contributed by atoms with Gasteiger partial charge in [0.05, 0.1) is 0 Å². The van der Waals surface area contributed by atoms with E-state index >= 15 is 0 Å². The maximum absolute atomic E-state index is 2.30. The highest BCUT2D eigenvalue weighted by Gasteiger charge is 2.10. The zero-order valence-corrected chi connectivity index (χ0v) is 7.86. The van der Waals surface area contributed by atoms with Crippen LogP contribution < -0.4 is 0 Å². The van der Waals surface area contributed by atoms with Crippen molar-refractivity contribution in [3.05, 3.63) is 34.4 Å². The van der Waals surface area contributed by atoms with Gasteiger partial charge in [-0.3, -0.25) is 0 Å². The smallest absolute Gasteiger partial charge is 0.0235 e. The van der Waals surface area contributed by atoms with Crippen molar-refractivity contribution in [2.24, 2.45) is 0 Å². The first-order valence-electron chi connectivity index (χ1n) is 4.23. The molecule has 1 rings (SSSR count). The summed E-state index contributed by atoms with van der Waals surface area (Å²) in [5, 5.41) is 0. The summed E-state index contributed by atoms with van der Waals surface area (Å²) in [6, 6.07) is 0. The average molecular weight is 148 g/mol. The third kappa shape index (κ3) is 1.45. The van der Waals surface area contributed by atoms with E-state index in [1.54, 1.807) is 0 Å². The fourth-order valence-electron chi connectivity index (χ4n) is 1.54. The van der Waals surface area contributed by atoms with Crippen molar-refractivity contribution in [1.29, 1.82) is 0 Å². The first kappa shape index (κ1) is 8.32. The largest absolute Gasteiger partial charge is 0.0770 e. The van der Waals surface area contributed by atoms with Crippen LogP contribution >= 0.6 is 0 Å². The molecule has 0 unspecified atom stereocenters. The summed E-state index contributed by atoms with van der Waals surface area (Å²) in [6.45, 7) is 8.74. The highest BCUT2D eigenvalue weighted by Crippen LogP contribution is 2.30. The van der Waals surface area contributed by atoms with E-state index in [0.717, 1.165) is 6.42 Å². The fourth-order valence-corrected chi connectivity index (χ4v) is 1.54. The van der Waals surface area contributed by atoms with E-state index in [9.17, 15) is 0 Å². The lowest BCUT2D eigenvalue weighted by molar-refractivity contribution is 1.18. The van der Waals surface area contributed by atoms with Crippen LogP contribution in [0.2, 0.25) is 0 Å². The summed E-state index contributed by atoms with van der Waals surface area (Å²) in [7, 11) is 0. The number of allylic oxidation sites excluding steroid dienone is 6. The Morgan fingerprint density at radius 2 is 1.91 bits per heavy atom. The van der Waals surface area contributed by atoms with Crippen molar-refractivity contribution < 1.29 is 0 Å². The van der Waals surface area contributed by atoms with Crippen LogP contribution in [0, 0.1) is 0 Å². The summed E-state index contributed by atoms with van der Waals surface area (Å²) < 4.78 is 0. The first-order chi connectivity index (χ1) is 5.16. The Kier molecular flexibility index (Phi) is 2.33. The molecule has 0 saturated carbocycles. The fraction of sp³-hybridized carbons (Fsp3) is 0.455. The molecule has 0 aromatic rings. The van der Waals surface area contributed by atoms with Crippen molar-refractivity contribution in [2.45, 2.75) is 34.1 Å². The van der Waals surface area contributed by atoms with E-state index in [1.165, 1.54) is 22.3 Å². The summed E-state index contributed by atoms with van der Waals surface area (Å²) in [5.74, 6) is 0. The van der Waals surface area contributed by atoms with E-state index < -0.39 is 0 Å². The molecule has 0 nitrogen and oxygen atoms in total. The Hall–Kier alpha value is -0.780. The lowest BCUT2D eigenvalue weighted by Crippen LogP contribution is -1.82. The van der Waals surface area contributed by atoms with Crippen molar-refractivity contribution >= 4 is 0 Å². The molecule has 0 aromatic heterocycles. The maximum atomic E-state index is 2.30. The van der Waals surface area contributed by atoms with Crippen LogP contribution in [0.1, 0.15) is 34.1 Å². The molecule has 0 aromatic carbocycles. The van der Waals surface area contributed by atoms with Gasteiger partial charge in [0.1, 0.15) is 0 Å². The molecular formula is C11H16. The first-order valence-corrected chi connectivity index (χ1v) is 4.23. The predicted octanol–water partition coefficient (Wildman–Crippen LogP) is 3.62. The molecule has 0 fully saturated rings. The van der Waals surface area contributed by atoms with Gasteiger partial charge in [0.2, 0.25) is 0 Å². The lowest BCUT2D eigenvalue weighted by Gasteiger charge is -2.01. The predicted molar refractivity (Wildman–Crippen MR) is 50.5 cm³/mol. The van der Waals surface area contributed by atoms with Crippen LogP contribution in [0.3, 0.4) is 0 Å². The number of hydrogen-bond acceptors (Lipinski definition) is 0. The molecule has 0 N–H and O–H groups in total. The minimum Gasteiger partial charge on any atom is -0.0770 e. The molecule has 11 heavy (non-hydrogen) atoms. The molecule has 0 heterocycles. The highest BCUT2D eigenvalue weighted by molar-refractivity contribution is 5.56. The van der Waals surface area contributed by atoms with Gasteiger partial charge in [-0.05, 0) is 49.5 Å². The van der Waals surface area contributed by atoms with Crippen LogP contribution in [0.15, 0.2) is 34.4 Å². The molecule has 0 aliphatic heterocycles. The van der Waals surface area contributed by atoms with Crippen LogP contribution in [0.25, 0.3) is 0 Å². The lowest BCUT2D eigenvalue weighted by atomic mass is 10.0. The van der Waals surface area contributed by atoms with Crippen molar-refractivity contribution in [2.75, 3.05) is 0 Å². The standard InChI is InChI=1S/C11H16/c1-5-6-11-9(3)7-8(2)10(11)4/h6-7H,5H2,1-4H3/b11-6+. The minimum atomic E-state index is 1.13. The molecule has 1 aliphatic carbocycles. The Morgan fingerprint density at radius 1 is 1.27 bits per heavy atom. The van der Waals surface area contributed by atoms with Gasteiger partial charge in [0, 0.05) is 0 Å². The van der Waals surface area contributed by atoms with E-state index in [4.69, 9.17) is 0 Å². The van der Waals surface area contributed by atoms with Crippen molar-refractivity contribution in [3.63, 3.8) is 0 Å². The molecule has 0 radical (unpaired) electrons. The van der Waals surface area contributed by atoms with Crippen LogP contribution in [0.5, 0.6) is 0 Å². The van der Waals surface area contributed by atoms with Gasteiger partial charge in [-0.2, -0.15) is 0 Å². The van der Waals surface area contributed by atoms with Gasteiger partial charge in [0.25, 0.3) is 0 Å². The highest BCUT2D eigenvalue weighted by atomic mass is 14.2. The molecule has 0 atom stereocenters. The van der Waals surface area contributed by atoms with Crippen molar-refractivity contribution in [1.82, 2.24) is 0 Å². The van der Waals surface area contributed by atoms with E-state index in [-0.39, 0.29) is 0 Å². The molecule has 60 valence electrons. The van der Waals surface area contributed by atoms with Gasteiger partial charge in [0.15, 0.2) is 0 Å². The molecule has 0 saturated heterocycles. The summed E-state index contributed by atoms with van der Waals surface area (Å²) in [4.78, 5) is 0. The second-order valence-corrected chi connectivity index (χ2v) is 3.16. The third-order valence-corrected chi connectivity index (χ3v) is 2.26. The maximum Gasteiger partial charge on any atom is -0.0235 e. The normalized spacial score (nSPS) is 21.5. The van der Waals surface area contributed by atoms with Gasteiger partial charge in [-0.1, -0.05) is 19.1 Å². The van der Waals surface area contributed by atoms with Crippen molar-refractivity contribution in [3.8, 4) is 0 Å². The zero-order valence-electron chi connectivity index (χ0n) is 7.86. The summed E-state index contributed by atoms with van der Waals surface area (Å²) in [6.07, 6.45) is 5.69. The SMILES string of the molecule is CC/C=C1\C(C)=CC(C)=C1C. The Morgan fingerprint density at radius 3 is 2.27 bits per heavy atom. The number of hydrogen-bond donors (Lipinski definition) is 0. The molecular weight excluding hydrogens is 132 g/mol. The molecule has 1 aliphatic rings. The third-order valence-electron chi connectivity index (χ3n) is 2.26. The second-order valence-electron chi connectivity index (χ2n) is 3.16. The monoisotopic (exact) mass is 148 g/mol. The molecule has 0 heteroatoms. The van der Waals surface area contributed by atoms with E-state index in [2.05, 4.69) is 39.8 Å². The van der Waals surface area contributed by atoms with Crippen LogP contribution in [0.4, 0.5) is 0 Å². The van der Waals surface area contributed by atoms with Crippen LogP contribution in [-0.2, 0) is 0 Å². The van der Waals surface area contributed by atoms with Gasteiger partial charge in [-0.25, -0.2) is 0 Å². The Labute approximate surface area is 69.3 Å². The van der Waals surface area contributed by atoms with E-state index in [0.29, 0.717) is 0 Å². The quantitative estimate of drug-likeness (QED) is 0.532. The van der Waals surface area contributed by atoms with E-state index in [1.807, 2.05) is 0 Å². The summed E-state index contributed by atoms with van der Waals surface area (Å²) in [5.41, 5.74) is 5.73. The second kappa shape index (κ2) is 3.08. The minimum absolute atomic E-state index is 1.13. The Bertz CT molecular complexity index is 249. The van der Waals surface area contributed by atoms with Gasteiger partial charge < -0.3 is 0 Å². The van der Waals surface area contributed by atoms with Crippen LogP contribution in [-0.4, -0.2) is 0 Å². The molecule has 0 amide bonds. The van der Waals surface area contributed by atoms with Gasteiger partial charge in [-0.15, -0.1) is 0 Å². The molecule has 0 spiro atoms. The summed E-state index contributed by atoms with van der Waals surface area (Å²) >= 11 is 0. The topological polar surface area (TPSA) is 0 Å². The number of rotatable bonds is 1. The average Bonchev–Trinajstić information content (AvgIpc) is 2.17. The zero-order chi connectivity index (χ0) is 8.43. The Balaban J connectivity index is 3.01. The van der Waals surface area contributed by atoms with Gasteiger partial charge >= 0.3 is 0 Å². The molecule has 0 bridgehead atoms.